The van der Waals surface area contributed by atoms with Gasteiger partial charge in [0.2, 0.25) is 11.7 Å². The number of pyridine rings is 2. The van der Waals surface area contributed by atoms with Gasteiger partial charge in [-0.15, -0.1) is 54.1 Å². The normalized spacial score (nSPS) is 11.6. The summed E-state index contributed by atoms with van der Waals surface area (Å²) in [5, 5.41) is 3.03. The second-order valence-electron chi connectivity index (χ2n) is 16.5. The van der Waals surface area contributed by atoms with Gasteiger partial charge in [-0.25, -0.2) is 0 Å². The number of aromatic nitrogens is 4. The summed E-state index contributed by atoms with van der Waals surface area (Å²) in [5.74, 6) is 0.843. The molecule has 9 rings (SSSR count). The average Bonchev–Trinajstić information content (AvgIpc) is 3.79. The zero-order valence-electron chi connectivity index (χ0n) is 34.5. The van der Waals surface area contributed by atoms with E-state index in [4.69, 9.17) is 9.40 Å². The van der Waals surface area contributed by atoms with Crippen LogP contribution in [0.1, 0.15) is 56.2 Å². The van der Waals surface area contributed by atoms with Crippen LogP contribution in [0.4, 0.5) is 4.39 Å². The van der Waals surface area contributed by atoms with Crippen LogP contribution in [0, 0.1) is 18.1 Å². The molecule has 0 atom stereocenters. The van der Waals surface area contributed by atoms with Crippen molar-refractivity contribution in [2.45, 2.75) is 65.7 Å². The molecule has 0 saturated carbocycles. The number of benzene rings is 5. The van der Waals surface area contributed by atoms with E-state index in [1.807, 2.05) is 60.8 Å². The summed E-state index contributed by atoms with van der Waals surface area (Å²) in [7, 11) is -1.23. The van der Waals surface area contributed by atoms with Gasteiger partial charge in [0.25, 0.3) is 0 Å². The van der Waals surface area contributed by atoms with Gasteiger partial charge in [0.15, 0.2) is 0 Å². The number of fused-ring (bicyclic) bond motifs is 4. The van der Waals surface area contributed by atoms with E-state index in [2.05, 4.69) is 135 Å². The van der Waals surface area contributed by atoms with Gasteiger partial charge in [0.1, 0.15) is 0 Å². The van der Waals surface area contributed by atoms with Crippen LogP contribution >= 0.6 is 0 Å². The fraction of sp³-hybridized carbons (Fsp3) is 0.196. The molecule has 299 valence electrons. The largest absolute Gasteiger partial charge is 0.486 e. The van der Waals surface area contributed by atoms with Crippen molar-refractivity contribution in [2.24, 2.45) is 0 Å². The summed E-state index contributed by atoms with van der Waals surface area (Å²) >= 11 is 0. The molecular formula is C51H47FIrN4OSi-2. The minimum atomic E-state index is -1.23. The van der Waals surface area contributed by atoms with E-state index in [9.17, 15) is 4.39 Å². The molecule has 8 heteroatoms. The van der Waals surface area contributed by atoms with E-state index in [-0.39, 0.29) is 25.8 Å². The van der Waals surface area contributed by atoms with Crippen LogP contribution in [-0.4, -0.2) is 27.6 Å². The molecule has 4 heterocycles. The molecule has 0 spiro atoms. The number of halogens is 1. The predicted molar refractivity (Wildman–Crippen MR) is 240 cm³/mol. The first-order valence-electron chi connectivity index (χ1n) is 20.0. The number of nitrogens with zero attached hydrogens (tertiary/aromatic N) is 4. The third-order valence-electron chi connectivity index (χ3n) is 10.7. The van der Waals surface area contributed by atoms with E-state index < -0.39 is 14.0 Å². The van der Waals surface area contributed by atoms with Crippen LogP contribution < -0.4 is 5.19 Å². The molecule has 0 N–H and O–H groups in total. The first-order valence-corrected chi connectivity index (χ1v) is 23.5. The van der Waals surface area contributed by atoms with Crippen molar-refractivity contribution in [3.63, 3.8) is 0 Å². The molecule has 59 heavy (non-hydrogen) atoms. The van der Waals surface area contributed by atoms with Gasteiger partial charge in [-0.3, -0.25) is 4.98 Å². The number of hydrogen-bond acceptors (Lipinski definition) is 4. The van der Waals surface area contributed by atoms with E-state index >= 15 is 0 Å². The second kappa shape index (κ2) is 17.4. The summed E-state index contributed by atoms with van der Waals surface area (Å²) in [6, 6.07) is 49.2. The fourth-order valence-corrected chi connectivity index (χ4v) is 8.66. The van der Waals surface area contributed by atoms with Crippen molar-refractivity contribution < 1.29 is 28.9 Å². The maximum atomic E-state index is 14.0. The molecule has 0 aliphatic heterocycles. The summed E-state index contributed by atoms with van der Waals surface area (Å²) in [5.41, 5.74) is 12.0. The maximum absolute atomic E-state index is 14.0. The molecule has 5 aromatic carbocycles. The molecule has 0 aliphatic carbocycles. The molecular weight excluding hydrogens is 924 g/mol. The van der Waals surface area contributed by atoms with Crippen molar-refractivity contribution >= 4 is 46.4 Å². The van der Waals surface area contributed by atoms with Crippen molar-refractivity contribution in [1.29, 1.82) is 0 Å². The number of furan rings is 1. The Labute approximate surface area is 360 Å². The molecule has 0 unspecified atom stereocenters. The molecule has 0 amide bonds. The number of hydrogen-bond donors (Lipinski definition) is 0. The van der Waals surface area contributed by atoms with Crippen LogP contribution in [0.15, 0.2) is 138 Å². The minimum Gasteiger partial charge on any atom is -0.486 e. The van der Waals surface area contributed by atoms with Crippen LogP contribution in [0.3, 0.4) is 0 Å². The number of rotatable bonds is 8. The quantitative estimate of drug-likeness (QED) is 0.0865. The van der Waals surface area contributed by atoms with E-state index in [1.165, 1.54) is 39.1 Å². The molecule has 5 nitrogen and oxygen atoms in total. The molecule has 1 radical (unpaired) electrons. The topological polar surface area (TPSA) is 56.7 Å². The van der Waals surface area contributed by atoms with Crippen LogP contribution in [0.25, 0.3) is 66.9 Å². The Hall–Kier alpha value is -5.53. The smallest absolute Gasteiger partial charge is 0.218 e. The second-order valence-corrected chi connectivity index (χ2v) is 21.5. The van der Waals surface area contributed by atoms with Gasteiger partial charge >= 0.3 is 0 Å². The first kappa shape index (κ1) is 41.6. The van der Waals surface area contributed by atoms with Crippen molar-refractivity contribution in [3.05, 3.63) is 168 Å². The zero-order chi connectivity index (χ0) is 40.6. The van der Waals surface area contributed by atoms with Crippen LogP contribution in [-0.2, 0) is 26.7 Å². The van der Waals surface area contributed by atoms with E-state index in [0.717, 1.165) is 44.5 Å². The van der Waals surface area contributed by atoms with Crippen molar-refractivity contribution in [1.82, 2.24) is 19.5 Å². The Bertz CT molecular complexity index is 2830. The summed E-state index contributed by atoms with van der Waals surface area (Å²) < 4.78 is 22.4. The first-order chi connectivity index (χ1) is 28.0. The van der Waals surface area contributed by atoms with Gasteiger partial charge in [0, 0.05) is 38.2 Å². The number of para-hydroxylation sites is 2. The predicted octanol–water partition coefficient (Wildman–Crippen LogP) is 13.0. The Morgan fingerprint density at radius 1 is 0.712 bits per heavy atom. The maximum Gasteiger partial charge on any atom is 0.218 e. The fourth-order valence-electron chi connectivity index (χ4n) is 7.63. The third-order valence-corrected chi connectivity index (χ3v) is 12.8. The van der Waals surface area contributed by atoms with Gasteiger partial charge in [0.05, 0.1) is 30.5 Å². The molecule has 9 aromatic rings. The Kier molecular flexibility index (Phi) is 12.2. The molecule has 4 aromatic heterocycles. The SMILES string of the molecule is CC(C)c1cc(-c2ccccc2)cc(C(C)C)c1Cn1c(-c2[c-]ccc3c2oc2nc(F)ccc23)nc2ccccc21.C[Si](C)(C)c1ccc(-c2[c-]cccc2)nc1.[Ir]. The van der Waals surface area contributed by atoms with Crippen LogP contribution in [0.5, 0.6) is 0 Å². The van der Waals surface area contributed by atoms with Crippen LogP contribution in [0.2, 0.25) is 19.6 Å². The van der Waals surface area contributed by atoms with Crippen molar-refractivity contribution in [2.75, 3.05) is 0 Å². The zero-order valence-corrected chi connectivity index (χ0v) is 37.9. The third kappa shape index (κ3) is 8.63. The molecule has 0 saturated heterocycles. The Morgan fingerprint density at radius 2 is 1.42 bits per heavy atom. The average molecular weight is 971 g/mol. The minimum absolute atomic E-state index is 0. The van der Waals surface area contributed by atoms with Crippen molar-refractivity contribution in [3.8, 4) is 33.8 Å². The standard InChI is InChI=1S/C37H31FN3O.C14H16NSi.Ir/c1-22(2)29-19-25(24-11-6-5-7-12-24)20-30(23(3)4)31(29)21-41-33-16-9-8-15-32(33)39-36(41)28-14-10-13-26-27-17-18-34(38)40-37(27)42-35(26)28;1-16(2,3)13-9-10-14(15-11-13)12-7-5-4-6-8-12;/h5-13,15-20,22-23H,21H2,1-4H3;4-7,9-11H,1-3H3;/q2*-1;. The molecule has 0 aliphatic rings. The number of imidazole rings is 1. The van der Waals surface area contributed by atoms with Gasteiger partial charge < -0.3 is 14.0 Å². The monoisotopic (exact) mass is 971 g/mol. The van der Waals surface area contributed by atoms with E-state index in [1.54, 1.807) is 6.07 Å². The van der Waals surface area contributed by atoms with Gasteiger partial charge in [-0.1, -0.05) is 125 Å². The Balaban J connectivity index is 0.000000262. The molecule has 0 bridgehead atoms. The summed E-state index contributed by atoms with van der Waals surface area (Å²) in [6.45, 7) is 16.7. The van der Waals surface area contributed by atoms with Gasteiger partial charge in [-0.2, -0.15) is 9.37 Å². The van der Waals surface area contributed by atoms with E-state index in [0.29, 0.717) is 24.0 Å². The van der Waals surface area contributed by atoms with Gasteiger partial charge in [-0.05, 0) is 74.8 Å². The molecule has 0 fully saturated rings. The summed E-state index contributed by atoms with van der Waals surface area (Å²) in [6.07, 6.45) is 2.02. The Morgan fingerprint density at radius 3 is 2.08 bits per heavy atom. The summed E-state index contributed by atoms with van der Waals surface area (Å²) in [4.78, 5) is 13.6.